The number of amides is 2. The first kappa shape index (κ1) is 17.0. The highest BCUT2D eigenvalue weighted by Crippen LogP contribution is 2.23. The smallest absolute Gasteiger partial charge is 0.326 e. The van der Waals surface area contributed by atoms with Gasteiger partial charge < -0.3 is 15.7 Å². The molecule has 0 unspecified atom stereocenters. The van der Waals surface area contributed by atoms with Crippen molar-refractivity contribution in [2.75, 3.05) is 5.32 Å². The molecule has 0 aliphatic rings. The highest BCUT2D eigenvalue weighted by atomic mass is 16.4. The average Bonchev–Trinajstić information content (AvgIpc) is 2.43. The maximum Gasteiger partial charge on any atom is 0.326 e. The van der Waals surface area contributed by atoms with Crippen molar-refractivity contribution in [2.45, 2.75) is 52.0 Å². The van der Waals surface area contributed by atoms with Gasteiger partial charge in [-0.3, -0.25) is 0 Å². The second-order valence-corrected chi connectivity index (χ2v) is 5.37. The van der Waals surface area contributed by atoms with Gasteiger partial charge in [-0.15, -0.1) is 0 Å². The van der Waals surface area contributed by atoms with Crippen molar-refractivity contribution in [1.29, 1.82) is 0 Å². The third-order valence-electron chi connectivity index (χ3n) is 3.28. The lowest BCUT2D eigenvalue weighted by atomic mass is 10.0. The molecule has 0 saturated carbocycles. The zero-order valence-electron chi connectivity index (χ0n) is 12.8. The number of hydrogen-bond acceptors (Lipinski definition) is 2. The molecule has 0 saturated heterocycles. The Balaban J connectivity index is 2.70. The Morgan fingerprint density at radius 1 is 1.24 bits per heavy atom. The van der Waals surface area contributed by atoms with E-state index in [4.69, 9.17) is 5.11 Å². The fraction of sp³-hybridized carbons (Fsp3) is 0.500. The van der Waals surface area contributed by atoms with Crippen LogP contribution in [0.5, 0.6) is 0 Å². The van der Waals surface area contributed by atoms with Gasteiger partial charge in [-0.1, -0.05) is 51.8 Å². The molecule has 3 N–H and O–H groups in total. The van der Waals surface area contributed by atoms with Crippen LogP contribution in [-0.4, -0.2) is 23.1 Å². The summed E-state index contributed by atoms with van der Waals surface area (Å²) >= 11 is 0. The zero-order valence-corrected chi connectivity index (χ0v) is 12.8. The first-order chi connectivity index (χ1) is 9.95. The van der Waals surface area contributed by atoms with Crippen molar-refractivity contribution in [2.24, 2.45) is 0 Å². The molecule has 0 bridgehead atoms. The van der Waals surface area contributed by atoms with Crippen LogP contribution in [0.1, 0.15) is 51.5 Å². The second-order valence-electron chi connectivity index (χ2n) is 5.37. The van der Waals surface area contributed by atoms with Gasteiger partial charge in [0.15, 0.2) is 0 Å². The summed E-state index contributed by atoms with van der Waals surface area (Å²) in [5, 5.41) is 14.4. The SMILES string of the molecule is CCCC[C@H](NC(=O)Nc1ccccc1C(C)C)C(=O)O. The molecule has 0 radical (unpaired) electrons. The van der Waals surface area contributed by atoms with E-state index in [9.17, 15) is 9.59 Å². The lowest BCUT2D eigenvalue weighted by Crippen LogP contribution is -2.43. The van der Waals surface area contributed by atoms with Gasteiger partial charge in [0, 0.05) is 5.69 Å². The Morgan fingerprint density at radius 3 is 2.48 bits per heavy atom. The third kappa shape index (κ3) is 5.45. The summed E-state index contributed by atoms with van der Waals surface area (Å²) in [5.41, 5.74) is 1.73. The number of urea groups is 1. The Hall–Kier alpha value is -2.04. The summed E-state index contributed by atoms with van der Waals surface area (Å²) in [5.74, 6) is -0.729. The molecule has 5 heteroatoms. The monoisotopic (exact) mass is 292 g/mol. The van der Waals surface area contributed by atoms with Crippen LogP contribution >= 0.6 is 0 Å². The molecule has 0 spiro atoms. The molecule has 1 aromatic rings. The van der Waals surface area contributed by atoms with Crippen LogP contribution in [0, 0.1) is 0 Å². The molecule has 2 amide bonds. The number of rotatable bonds is 7. The molecule has 0 fully saturated rings. The lowest BCUT2D eigenvalue weighted by molar-refractivity contribution is -0.139. The molecule has 0 aromatic heterocycles. The van der Waals surface area contributed by atoms with Crippen LogP contribution in [0.25, 0.3) is 0 Å². The van der Waals surface area contributed by atoms with E-state index in [1.807, 2.05) is 45.0 Å². The van der Waals surface area contributed by atoms with Gasteiger partial charge >= 0.3 is 12.0 Å². The van der Waals surface area contributed by atoms with Gasteiger partial charge in [-0.05, 0) is 24.0 Å². The standard InChI is InChI=1S/C16H24N2O3/c1-4-5-9-14(15(19)20)18-16(21)17-13-10-7-6-8-12(13)11(2)3/h6-8,10-11,14H,4-5,9H2,1-3H3,(H,19,20)(H2,17,18,21)/t14-/m0/s1. The largest absolute Gasteiger partial charge is 0.480 e. The van der Waals surface area contributed by atoms with Gasteiger partial charge in [0.1, 0.15) is 6.04 Å². The van der Waals surface area contributed by atoms with Crippen LogP contribution in [0.3, 0.4) is 0 Å². The molecule has 0 aliphatic carbocycles. The molecule has 1 atom stereocenters. The average molecular weight is 292 g/mol. The normalized spacial score (nSPS) is 12.0. The molecule has 0 aliphatic heterocycles. The first-order valence-electron chi connectivity index (χ1n) is 7.35. The minimum absolute atomic E-state index is 0.275. The number of carbonyl (C=O) groups excluding carboxylic acids is 1. The molecule has 1 rings (SSSR count). The van der Waals surface area contributed by atoms with E-state index in [0.29, 0.717) is 12.1 Å². The number of para-hydroxylation sites is 1. The van der Waals surface area contributed by atoms with E-state index in [2.05, 4.69) is 10.6 Å². The number of carbonyl (C=O) groups is 2. The minimum atomic E-state index is -1.00. The summed E-state index contributed by atoms with van der Waals surface area (Å²) in [6, 6.07) is 6.19. The van der Waals surface area contributed by atoms with Crippen molar-refractivity contribution in [1.82, 2.24) is 5.32 Å². The zero-order chi connectivity index (χ0) is 15.8. The quantitative estimate of drug-likeness (QED) is 0.718. The molecule has 5 nitrogen and oxygen atoms in total. The minimum Gasteiger partial charge on any atom is -0.480 e. The Bertz CT molecular complexity index is 486. The van der Waals surface area contributed by atoms with Crippen LogP contribution in [-0.2, 0) is 4.79 Å². The summed E-state index contributed by atoms with van der Waals surface area (Å²) in [7, 11) is 0. The fourth-order valence-corrected chi connectivity index (χ4v) is 2.10. The van der Waals surface area contributed by atoms with Crippen molar-refractivity contribution < 1.29 is 14.7 Å². The number of nitrogens with one attached hydrogen (secondary N) is 2. The number of carboxylic acid groups (broad SMARTS) is 1. The lowest BCUT2D eigenvalue weighted by Gasteiger charge is -2.17. The molecule has 21 heavy (non-hydrogen) atoms. The number of benzene rings is 1. The summed E-state index contributed by atoms with van der Waals surface area (Å²) < 4.78 is 0. The molecule has 0 heterocycles. The van der Waals surface area contributed by atoms with E-state index in [0.717, 1.165) is 18.4 Å². The number of unbranched alkanes of at least 4 members (excludes halogenated alkanes) is 1. The molecule has 1 aromatic carbocycles. The summed E-state index contributed by atoms with van der Waals surface area (Å²) in [6.45, 7) is 6.07. The highest BCUT2D eigenvalue weighted by molar-refractivity contribution is 5.92. The van der Waals surface area contributed by atoms with Gasteiger partial charge in [-0.25, -0.2) is 9.59 Å². The maximum atomic E-state index is 12.0. The van der Waals surface area contributed by atoms with Crippen molar-refractivity contribution in [3.8, 4) is 0 Å². The van der Waals surface area contributed by atoms with Crippen LogP contribution in [0.15, 0.2) is 24.3 Å². The van der Waals surface area contributed by atoms with Gasteiger partial charge in [0.2, 0.25) is 0 Å². The van der Waals surface area contributed by atoms with Crippen molar-refractivity contribution in [3.05, 3.63) is 29.8 Å². The molecule has 116 valence electrons. The van der Waals surface area contributed by atoms with E-state index in [1.54, 1.807) is 0 Å². The highest BCUT2D eigenvalue weighted by Gasteiger charge is 2.19. The van der Waals surface area contributed by atoms with Gasteiger partial charge in [0.05, 0.1) is 0 Å². The van der Waals surface area contributed by atoms with Crippen LogP contribution in [0.4, 0.5) is 10.5 Å². The van der Waals surface area contributed by atoms with E-state index < -0.39 is 18.0 Å². The van der Waals surface area contributed by atoms with Gasteiger partial charge in [-0.2, -0.15) is 0 Å². The van der Waals surface area contributed by atoms with Crippen LogP contribution < -0.4 is 10.6 Å². The van der Waals surface area contributed by atoms with Crippen molar-refractivity contribution in [3.63, 3.8) is 0 Å². The predicted octanol–water partition coefficient (Wildman–Crippen LogP) is 3.57. The number of carboxylic acids is 1. The number of anilines is 1. The van der Waals surface area contributed by atoms with Crippen molar-refractivity contribution >= 4 is 17.7 Å². The Morgan fingerprint density at radius 2 is 1.90 bits per heavy atom. The van der Waals surface area contributed by atoms with Gasteiger partial charge in [0.25, 0.3) is 0 Å². The van der Waals surface area contributed by atoms with E-state index in [1.165, 1.54) is 0 Å². The molecular weight excluding hydrogens is 268 g/mol. The number of aliphatic carboxylic acids is 1. The third-order valence-corrected chi connectivity index (χ3v) is 3.28. The second kappa shape index (κ2) is 8.29. The Kier molecular flexibility index (Phi) is 6.72. The topological polar surface area (TPSA) is 78.4 Å². The van der Waals surface area contributed by atoms with Crippen LogP contribution in [0.2, 0.25) is 0 Å². The summed E-state index contributed by atoms with van der Waals surface area (Å²) in [4.78, 5) is 23.1. The first-order valence-corrected chi connectivity index (χ1v) is 7.35. The molecular formula is C16H24N2O3. The van der Waals surface area contributed by atoms with E-state index >= 15 is 0 Å². The fourth-order valence-electron chi connectivity index (χ4n) is 2.10. The number of hydrogen-bond donors (Lipinski definition) is 3. The predicted molar refractivity (Wildman–Crippen MR) is 83.6 cm³/mol. The van der Waals surface area contributed by atoms with E-state index in [-0.39, 0.29) is 5.92 Å². The summed E-state index contributed by atoms with van der Waals surface area (Å²) in [6.07, 6.45) is 2.09. The maximum absolute atomic E-state index is 12.0. The Labute approximate surface area is 125 Å².